The van der Waals surface area contributed by atoms with Crippen molar-refractivity contribution in [1.82, 2.24) is 9.55 Å². The molecular weight excluding hydrogens is 290 g/mol. The maximum atomic E-state index is 11.8. The van der Waals surface area contributed by atoms with Gasteiger partial charge in [-0.25, -0.2) is 9.78 Å². The lowest BCUT2D eigenvalue weighted by molar-refractivity contribution is -0.137. The van der Waals surface area contributed by atoms with Crippen LogP contribution in [0.5, 0.6) is 0 Å². The summed E-state index contributed by atoms with van der Waals surface area (Å²) in [6.07, 6.45) is 10.2. The highest BCUT2D eigenvalue weighted by atomic mass is 16.5. The molecular formula is C18H21N3O2. The van der Waals surface area contributed by atoms with E-state index in [4.69, 9.17) is 4.74 Å². The molecule has 0 radical (unpaired) electrons. The predicted molar refractivity (Wildman–Crippen MR) is 89.5 cm³/mol. The second kappa shape index (κ2) is 7.13. The number of carbonyl (C=O) groups excluding carboxylic acids is 1. The van der Waals surface area contributed by atoms with Gasteiger partial charge < -0.3 is 14.2 Å². The Morgan fingerprint density at radius 3 is 3.00 bits per heavy atom. The van der Waals surface area contributed by atoms with E-state index in [0.29, 0.717) is 6.61 Å². The van der Waals surface area contributed by atoms with E-state index in [0.717, 1.165) is 42.9 Å². The van der Waals surface area contributed by atoms with E-state index in [1.165, 1.54) is 0 Å². The number of hydrogen-bond donors (Lipinski definition) is 0. The number of ether oxygens (including phenoxy) is 1. The van der Waals surface area contributed by atoms with E-state index in [-0.39, 0.29) is 5.97 Å². The van der Waals surface area contributed by atoms with Crippen LogP contribution in [-0.4, -0.2) is 28.7 Å². The standard InChI is InChI=1S/C18H21N3O2/c1-2-23-18(22)13-17-6-3-4-10-21(17)16-8-5-7-15(12-16)20-11-9-19-14-20/h5,7-9,11-14H,2-4,6,10H2,1H3/b17-13+. The molecule has 1 aromatic carbocycles. The number of benzene rings is 1. The normalized spacial score (nSPS) is 16.6. The molecule has 1 saturated heterocycles. The Kier molecular flexibility index (Phi) is 4.76. The molecule has 23 heavy (non-hydrogen) atoms. The fourth-order valence-electron chi connectivity index (χ4n) is 2.85. The van der Waals surface area contributed by atoms with Crippen LogP contribution < -0.4 is 4.90 Å². The highest BCUT2D eigenvalue weighted by Crippen LogP contribution is 2.28. The van der Waals surface area contributed by atoms with Crippen molar-refractivity contribution in [2.24, 2.45) is 0 Å². The van der Waals surface area contributed by atoms with Gasteiger partial charge in [-0.05, 0) is 44.4 Å². The highest BCUT2D eigenvalue weighted by Gasteiger charge is 2.18. The lowest BCUT2D eigenvalue weighted by atomic mass is 10.1. The van der Waals surface area contributed by atoms with E-state index in [2.05, 4.69) is 22.0 Å². The fraction of sp³-hybridized carbons (Fsp3) is 0.333. The number of aromatic nitrogens is 2. The van der Waals surface area contributed by atoms with E-state index in [1.54, 1.807) is 18.6 Å². The molecule has 0 saturated carbocycles. The average Bonchev–Trinajstić information content (AvgIpc) is 3.10. The van der Waals surface area contributed by atoms with Crippen LogP contribution in [0.2, 0.25) is 0 Å². The first kappa shape index (κ1) is 15.3. The molecule has 2 heterocycles. The zero-order valence-corrected chi connectivity index (χ0v) is 13.3. The highest BCUT2D eigenvalue weighted by molar-refractivity contribution is 5.83. The van der Waals surface area contributed by atoms with Crippen LogP contribution in [0, 0.1) is 0 Å². The first-order chi connectivity index (χ1) is 11.3. The minimum Gasteiger partial charge on any atom is -0.463 e. The Labute approximate surface area is 136 Å². The summed E-state index contributed by atoms with van der Waals surface area (Å²) < 4.78 is 7.03. The number of nitrogens with zero attached hydrogens (tertiary/aromatic N) is 3. The number of esters is 1. The second-order valence-electron chi connectivity index (χ2n) is 5.49. The molecule has 0 N–H and O–H groups in total. The van der Waals surface area contributed by atoms with Gasteiger partial charge in [0.05, 0.1) is 12.9 Å². The summed E-state index contributed by atoms with van der Waals surface area (Å²) in [6, 6.07) is 8.27. The predicted octanol–water partition coefficient (Wildman–Crippen LogP) is 3.31. The molecule has 2 aromatic rings. The third-order valence-electron chi connectivity index (χ3n) is 3.93. The Hall–Kier alpha value is -2.56. The molecule has 3 rings (SSSR count). The smallest absolute Gasteiger partial charge is 0.332 e. The largest absolute Gasteiger partial charge is 0.463 e. The van der Waals surface area contributed by atoms with Gasteiger partial charge in [0.1, 0.15) is 0 Å². The number of piperidine rings is 1. The Bertz CT molecular complexity index is 692. The van der Waals surface area contributed by atoms with Crippen molar-refractivity contribution < 1.29 is 9.53 Å². The quantitative estimate of drug-likeness (QED) is 0.642. The van der Waals surface area contributed by atoms with Crippen LogP contribution in [0.15, 0.2) is 54.8 Å². The van der Waals surface area contributed by atoms with Crippen LogP contribution in [0.3, 0.4) is 0 Å². The monoisotopic (exact) mass is 311 g/mol. The number of rotatable bonds is 4. The van der Waals surface area contributed by atoms with Gasteiger partial charge >= 0.3 is 5.97 Å². The van der Waals surface area contributed by atoms with E-state index in [9.17, 15) is 4.79 Å². The molecule has 0 amide bonds. The Morgan fingerprint density at radius 1 is 1.35 bits per heavy atom. The summed E-state index contributed by atoms with van der Waals surface area (Å²) in [4.78, 5) is 18.1. The first-order valence-electron chi connectivity index (χ1n) is 8.01. The van der Waals surface area contributed by atoms with Crippen molar-refractivity contribution in [3.8, 4) is 5.69 Å². The van der Waals surface area contributed by atoms with Gasteiger partial charge in [-0.15, -0.1) is 0 Å². The molecule has 0 spiro atoms. The van der Waals surface area contributed by atoms with Crippen LogP contribution in [0.25, 0.3) is 5.69 Å². The van der Waals surface area contributed by atoms with Crippen molar-refractivity contribution >= 4 is 11.7 Å². The molecule has 1 fully saturated rings. The van der Waals surface area contributed by atoms with Crippen molar-refractivity contribution in [1.29, 1.82) is 0 Å². The maximum Gasteiger partial charge on any atom is 0.332 e. The van der Waals surface area contributed by atoms with Gasteiger partial charge in [-0.1, -0.05) is 6.07 Å². The van der Waals surface area contributed by atoms with Crippen molar-refractivity contribution in [2.75, 3.05) is 18.1 Å². The second-order valence-corrected chi connectivity index (χ2v) is 5.49. The third kappa shape index (κ3) is 3.62. The van der Waals surface area contributed by atoms with Crippen molar-refractivity contribution in [2.45, 2.75) is 26.2 Å². The third-order valence-corrected chi connectivity index (χ3v) is 3.93. The fourth-order valence-corrected chi connectivity index (χ4v) is 2.85. The van der Waals surface area contributed by atoms with Gasteiger partial charge in [0, 0.05) is 42.1 Å². The van der Waals surface area contributed by atoms with Crippen LogP contribution in [-0.2, 0) is 9.53 Å². The van der Waals surface area contributed by atoms with Crippen molar-refractivity contribution in [3.05, 3.63) is 54.8 Å². The summed E-state index contributed by atoms with van der Waals surface area (Å²) in [5.74, 6) is -0.264. The SMILES string of the molecule is CCOC(=O)/C=C1\CCCCN1c1cccc(-n2ccnc2)c1. The van der Waals surface area contributed by atoms with Gasteiger partial charge in [-0.3, -0.25) is 0 Å². The molecule has 1 aliphatic rings. The summed E-state index contributed by atoms with van der Waals surface area (Å²) in [5.41, 5.74) is 3.17. The Balaban J connectivity index is 1.89. The average molecular weight is 311 g/mol. The van der Waals surface area contributed by atoms with Crippen LogP contribution >= 0.6 is 0 Å². The molecule has 0 unspecified atom stereocenters. The van der Waals surface area contributed by atoms with E-state index in [1.807, 2.05) is 29.8 Å². The molecule has 120 valence electrons. The van der Waals surface area contributed by atoms with E-state index < -0.39 is 0 Å². The number of allylic oxidation sites excluding steroid dienone is 1. The molecule has 0 aliphatic carbocycles. The van der Waals surface area contributed by atoms with Crippen molar-refractivity contribution in [3.63, 3.8) is 0 Å². The zero-order chi connectivity index (χ0) is 16.1. The minimum absolute atomic E-state index is 0.264. The number of carbonyl (C=O) groups is 1. The van der Waals surface area contributed by atoms with Gasteiger partial charge in [0.15, 0.2) is 0 Å². The summed E-state index contributed by atoms with van der Waals surface area (Å²) in [5, 5.41) is 0. The molecule has 1 aliphatic heterocycles. The van der Waals surface area contributed by atoms with Crippen LogP contribution in [0.1, 0.15) is 26.2 Å². The van der Waals surface area contributed by atoms with Gasteiger partial charge in [-0.2, -0.15) is 0 Å². The topological polar surface area (TPSA) is 47.4 Å². The lowest BCUT2D eigenvalue weighted by Gasteiger charge is -2.32. The zero-order valence-electron chi connectivity index (χ0n) is 13.3. The maximum absolute atomic E-state index is 11.8. The summed E-state index contributed by atoms with van der Waals surface area (Å²) >= 11 is 0. The summed E-state index contributed by atoms with van der Waals surface area (Å²) in [6.45, 7) is 3.14. The molecule has 0 bridgehead atoms. The molecule has 5 heteroatoms. The van der Waals surface area contributed by atoms with E-state index >= 15 is 0 Å². The Morgan fingerprint density at radius 2 is 2.22 bits per heavy atom. The number of imidazole rings is 1. The van der Waals surface area contributed by atoms with Crippen LogP contribution in [0.4, 0.5) is 5.69 Å². The number of anilines is 1. The minimum atomic E-state index is -0.264. The first-order valence-corrected chi connectivity index (χ1v) is 8.01. The molecule has 5 nitrogen and oxygen atoms in total. The number of hydrogen-bond acceptors (Lipinski definition) is 4. The van der Waals surface area contributed by atoms with Gasteiger partial charge in [0.25, 0.3) is 0 Å². The van der Waals surface area contributed by atoms with Gasteiger partial charge in [0.2, 0.25) is 0 Å². The molecule has 1 aromatic heterocycles. The molecule has 0 atom stereocenters. The lowest BCUT2D eigenvalue weighted by Crippen LogP contribution is -2.28. The summed E-state index contributed by atoms with van der Waals surface area (Å²) in [7, 11) is 0.